The number of nitrogens with zero attached hydrogens (tertiary/aromatic N) is 1. The summed E-state index contributed by atoms with van der Waals surface area (Å²) in [6.45, 7) is 5.48. The molecule has 2 unspecified atom stereocenters. The lowest BCUT2D eigenvalue weighted by Crippen LogP contribution is -2.60. The van der Waals surface area contributed by atoms with Crippen LogP contribution >= 0.6 is 0 Å². The van der Waals surface area contributed by atoms with Gasteiger partial charge in [0.1, 0.15) is 18.4 Å². The molecule has 1 aliphatic rings. The van der Waals surface area contributed by atoms with Crippen LogP contribution in [0.25, 0.3) is 0 Å². The Hall–Kier alpha value is -1.91. The summed E-state index contributed by atoms with van der Waals surface area (Å²) in [7, 11) is 0. The maximum atomic E-state index is 13.6. The number of piperazine rings is 1. The standard InChI is InChI=1S/C15H19FN2O2/c1-4-9(2)14-15(20)18(8-13(19)17-14)11-6-5-10(3)12(16)7-11/h5-7,9,14H,4,8H2,1-3H3,(H,17,19). The van der Waals surface area contributed by atoms with Crippen molar-refractivity contribution in [3.05, 3.63) is 29.6 Å². The van der Waals surface area contributed by atoms with Crippen LogP contribution in [-0.2, 0) is 9.59 Å². The molecule has 5 heteroatoms. The minimum Gasteiger partial charge on any atom is -0.342 e. The molecule has 2 rings (SSSR count). The topological polar surface area (TPSA) is 49.4 Å². The molecule has 1 N–H and O–H groups in total. The Morgan fingerprint density at radius 3 is 2.75 bits per heavy atom. The zero-order chi connectivity index (χ0) is 14.9. The summed E-state index contributed by atoms with van der Waals surface area (Å²) in [5.41, 5.74) is 0.947. The lowest BCUT2D eigenvalue weighted by Gasteiger charge is -2.35. The van der Waals surface area contributed by atoms with Crippen molar-refractivity contribution < 1.29 is 14.0 Å². The zero-order valence-corrected chi connectivity index (χ0v) is 11.9. The number of rotatable bonds is 3. The van der Waals surface area contributed by atoms with Crippen molar-refractivity contribution >= 4 is 17.5 Å². The van der Waals surface area contributed by atoms with E-state index in [0.29, 0.717) is 11.3 Å². The number of halogens is 1. The SMILES string of the molecule is CCC(C)C1NC(=O)CN(c2ccc(C)c(F)c2)C1=O. The van der Waals surface area contributed by atoms with Crippen LogP contribution in [0.1, 0.15) is 25.8 Å². The minimum absolute atomic E-state index is 0.0459. The molecule has 20 heavy (non-hydrogen) atoms. The third-order valence-electron chi connectivity index (χ3n) is 3.83. The number of aryl methyl sites for hydroxylation is 1. The highest BCUT2D eigenvalue weighted by molar-refractivity contribution is 6.06. The molecule has 108 valence electrons. The molecule has 4 nitrogen and oxygen atoms in total. The maximum absolute atomic E-state index is 13.6. The van der Waals surface area contributed by atoms with Gasteiger partial charge in [-0.25, -0.2) is 4.39 Å². The van der Waals surface area contributed by atoms with Gasteiger partial charge in [0.25, 0.3) is 0 Å². The van der Waals surface area contributed by atoms with Gasteiger partial charge in [0, 0.05) is 5.69 Å². The molecule has 1 aliphatic heterocycles. The first-order valence-electron chi connectivity index (χ1n) is 6.81. The summed E-state index contributed by atoms with van der Waals surface area (Å²) < 4.78 is 13.6. The summed E-state index contributed by atoms with van der Waals surface area (Å²) in [6, 6.07) is 4.05. The smallest absolute Gasteiger partial charge is 0.250 e. The lowest BCUT2D eigenvalue weighted by molar-refractivity contribution is -0.132. The van der Waals surface area contributed by atoms with Crippen LogP contribution in [0.3, 0.4) is 0 Å². The first-order valence-corrected chi connectivity index (χ1v) is 6.81. The summed E-state index contributed by atoms with van der Waals surface area (Å²) in [5.74, 6) is -0.719. The fourth-order valence-electron chi connectivity index (χ4n) is 2.26. The lowest BCUT2D eigenvalue weighted by atomic mass is 9.96. The summed E-state index contributed by atoms with van der Waals surface area (Å²) in [4.78, 5) is 25.6. The Morgan fingerprint density at radius 2 is 2.15 bits per heavy atom. The van der Waals surface area contributed by atoms with E-state index >= 15 is 0 Å². The van der Waals surface area contributed by atoms with Gasteiger partial charge in [-0.2, -0.15) is 0 Å². The third kappa shape index (κ3) is 2.66. The molecule has 0 saturated carbocycles. The molecule has 1 fully saturated rings. The van der Waals surface area contributed by atoms with Crippen LogP contribution in [0.5, 0.6) is 0 Å². The molecule has 1 aromatic carbocycles. The first kappa shape index (κ1) is 14.5. The van der Waals surface area contributed by atoms with Crippen molar-refractivity contribution in [1.82, 2.24) is 5.32 Å². The summed E-state index contributed by atoms with van der Waals surface area (Å²) in [6.07, 6.45) is 0.785. The molecule has 0 spiro atoms. The number of nitrogens with one attached hydrogen (secondary N) is 1. The van der Waals surface area contributed by atoms with Crippen LogP contribution < -0.4 is 10.2 Å². The van der Waals surface area contributed by atoms with Crippen LogP contribution in [0.4, 0.5) is 10.1 Å². The molecule has 1 heterocycles. The number of benzene rings is 1. The van der Waals surface area contributed by atoms with Gasteiger partial charge in [0.2, 0.25) is 11.8 Å². The first-order chi connectivity index (χ1) is 9.43. The van der Waals surface area contributed by atoms with Gasteiger partial charge >= 0.3 is 0 Å². The minimum atomic E-state index is -0.536. The Bertz CT molecular complexity index is 545. The van der Waals surface area contributed by atoms with E-state index in [2.05, 4.69) is 5.32 Å². The van der Waals surface area contributed by atoms with E-state index < -0.39 is 6.04 Å². The molecule has 0 radical (unpaired) electrons. The average molecular weight is 278 g/mol. The van der Waals surface area contributed by atoms with Gasteiger partial charge < -0.3 is 10.2 Å². The van der Waals surface area contributed by atoms with Crippen LogP contribution in [0.15, 0.2) is 18.2 Å². The van der Waals surface area contributed by atoms with Gasteiger partial charge in [-0.05, 0) is 30.5 Å². The number of anilines is 1. The fraction of sp³-hybridized carbons (Fsp3) is 0.467. The van der Waals surface area contributed by atoms with Crippen molar-refractivity contribution in [3.63, 3.8) is 0 Å². The Labute approximate surface area is 118 Å². The number of hydrogen-bond donors (Lipinski definition) is 1. The predicted molar refractivity (Wildman–Crippen MR) is 74.9 cm³/mol. The quantitative estimate of drug-likeness (QED) is 0.919. The molecular weight excluding hydrogens is 259 g/mol. The Morgan fingerprint density at radius 1 is 1.45 bits per heavy atom. The van der Waals surface area contributed by atoms with Crippen molar-refractivity contribution in [2.45, 2.75) is 33.2 Å². The van der Waals surface area contributed by atoms with Crippen molar-refractivity contribution in [2.75, 3.05) is 11.4 Å². The molecule has 0 aliphatic carbocycles. The number of hydrogen-bond acceptors (Lipinski definition) is 2. The second-order valence-corrected chi connectivity index (χ2v) is 5.29. The van der Waals surface area contributed by atoms with Gasteiger partial charge in [-0.3, -0.25) is 9.59 Å². The predicted octanol–water partition coefficient (Wildman–Crippen LogP) is 2.01. The van der Waals surface area contributed by atoms with Gasteiger partial charge in [0.05, 0.1) is 0 Å². The average Bonchev–Trinajstić information content (AvgIpc) is 2.43. The van der Waals surface area contributed by atoms with E-state index in [9.17, 15) is 14.0 Å². The summed E-state index contributed by atoms with van der Waals surface area (Å²) in [5, 5.41) is 2.72. The molecule has 1 aromatic rings. The highest BCUT2D eigenvalue weighted by Gasteiger charge is 2.36. The number of amides is 2. The second-order valence-electron chi connectivity index (χ2n) is 5.29. The Balaban J connectivity index is 2.32. The number of carbonyl (C=O) groups excluding carboxylic acids is 2. The normalized spacial score (nSPS) is 20.8. The van der Waals surface area contributed by atoms with Gasteiger partial charge in [0.15, 0.2) is 0 Å². The second kappa shape index (κ2) is 5.61. The molecular formula is C15H19FN2O2. The van der Waals surface area contributed by atoms with E-state index in [1.165, 1.54) is 11.0 Å². The molecule has 2 atom stereocenters. The van der Waals surface area contributed by atoms with E-state index in [1.54, 1.807) is 19.1 Å². The van der Waals surface area contributed by atoms with Crippen LogP contribution in [-0.4, -0.2) is 24.4 Å². The van der Waals surface area contributed by atoms with Crippen LogP contribution in [0, 0.1) is 18.7 Å². The van der Waals surface area contributed by atoms with Crippen LogP contribution in [0.2, 0.25) is 0 Å². The van der Waals surface area contributed by atoms with Crippen molar-refractivity contribution in [1.29, 1.82) is 0 Å². The van der Waals surface area contributed by atoms with Crippen molar-refractivity contribution in [2.24, 2.45) is 5.92 Å². The van der Waals surface area contributed by atoms with Crippen molar-refractivity contribution in [3.8, 4) is 0 Å². The number of carbonyl (C=O) groups is 2. The monoisotopic (exact) mass is 278 g/mol. The van der Waals surface area contributed by atoms with Gasteiger partial charge in [-0.1, -0.05) is 26.3 Å². The maximum Gasteiger partial charge on any atom is 0.250 e. The molecule has 0 aromatic heterocycles. The van der Waals surface area contributed by atoms with E-state index in [0.717, 1.165) is 6.42 Å². The van der Waals surface area contributed by atoms with E-state index in [4.69, 9.17) is 0 Å². The largest absolute Gasteiger partial charge is 0.342 e. The highest BCUT2D eigenvalue weighted by Crippen LogP contribution is 2.23. The zero-order valence-electron chi connectivity index (χ0n) is 11.9. The highest BCUT2D eigenvalue weighted by atomic mass is 19.1. The fourth-order valence-corrected chi connectivity index (χ4v) is 2.26. The van der Waals surface area contributed by atoms with Gasteiger partial charge in [-0.15, -0.1) is 0 Å². The molecule has 2 amide bonds. The Kier molecular flexibility index (Phi) is 4.06. The summed E-state index contributed by atoms with van der Waals surface area (Å²) >= 11 is 0. The molecule has 0 bridgehead atoms. The molecule has 1 saturated heterocycles. The van der Waals surface area contributed by atoms with E-state index in [1.807, 2.05) is 13.8 Å². The van der Waals surface area contributed by atoms with E-state index in [-0.39, 0.29) is 30.1 Å². The third-order valence-corrected chi connectivity index (χ3v) is 3.83.